The van der Waals surface area contributed by atoms with Gasteiger partial charge in [-0.05, 0) is 36.5 Å². The van der Waals surface area contributed by atoms with Gasteiger partial charge in [0.05, 0.1) is 36.2 Å². The normalized spacial score (nSPS) is 10.5. The second kappa shape index (κ2) is 7.78. The molecule has 24 heavy (non-hydrogen) atoms. The lowest BCUT2D eigenvalue weighted by molar-refractivity contribution is -0.389. The molecule has 0 atom stereocenters. The third-order valence-corrected chi connectivity index (χ3v) is 3.60. The van der Waals surface area contributed by atoms with Crippen LogP contribution in [0.15, 0.2) is 24.3 Å². The van der Waals surface area contributed by atoms with E-state index in [0.717, 1.165) is 0 Å². The van der Waals surface area contributed by atoms with Crippen molar-refractivity contribution in [3.8, 4) is 5.75 Å². The molecule has 0 aliphatic carbocycles. The molecule has 0 spiro atoms. The minimum absolute atomic E-state index is 0.194. The fourth-order valence-corrected chi connectivity index (χ4v) is 2.36. The molecule has 1 heterocycles. The number of carbonyl (C=O) groups is 1. The average Bonchev–Trinajstić information content (AvgIpc) is 2.89. The highest BCUT2D eigenvalue weighted by molar-refractivity contribution is 6.31. The highest BCUT2D eigenvalue weighted by atomic mass is 35.5. The van der Waals surface area contributed by atoms with Crippen LogP contribution in [0.5, 0.6) is 5.75 Å². The Bertz CT molecular complexity index is 760. The molecule has 9 heteroatoms. The SMILES string of the molecule is COc1ccc(Cl)cc1NC(=O)CCCn1nc([N+](=O)[O-])cc1C. The quantitative estimate of drug-likeness (QED) is 0.609. The number of methoxy groups -OCH3 is 1. The van der Waals surface area contributed by atoms with Gasteiger partial charge < -0.3 is 20.2 Å². The number of nitrogens with zero attached hydrogens (tertiary/aromatic N) is 3. The number of anilines is 1. The number of nitrogens with one attached hydrogen (secondary N) is 1. The van der Waals surface area contributed by atoms with E-state index in [1.807, 2.05) is 0 Å². The first-order chi connectivity index (χ1) is 11.4. The molecule has 0 bridgehead atoms. The maximum Gasteiger partial charge on any atom is 0.390 e. The van der Waals surface area contributed by atoms with Crippen LogP contribution in [0.25, 0.3) is 0 Å². The molecule has 0 aliphatic heterocycles. The molecule has 0 saturated carbocycles. The first kappa shape index (κ1) is 17.7. The predicted molar refractivity (Wildman–Crippen MR) is 89.5 cm³/mol. The fraction of sp³-hybridized carbons (Fsp3) is 0.333. The molecule has 1 amide bonds. The smallest absolute Gasteiger partial charge is 0.390 e. The summed E-state index contributed by atoms with van der Waals surface area (Å²) in [5.41, 5.74) is 1.18. The monoisotopic (exact) mass is 352 g/mol. The van der Waals surface area contributed by atoms with Crippen LogP contribution in [0.1, 0.15) is 18.5 Å². The summed E-state index contributed by atoms with van der Waals surface area (Å²) in [6.45, 7) is 2.15. The summed E-state index contributed by atoms with van der Waals surface area (Å²) in [4.78, 5) is 22.2. The Hall–Kier alpha value is -2.61. The van der Waals surface area contributed by atoms with Crippen LogP contribution < -0.4 is 10.1 Å². The van der Waals surface area contributed by atoms with Gasteiger partial charge in [-0.3, -0.25) is 4.79 Å². The third-order valence-electron chi connectivity index (χ3n) is 3.36. The van der Waals surface area contributed by atoms with Crippen LogP contribution in [0.2, 0.25) is 5.02 Å². The topological polar surface area (TPSA) is 99.3 Å². The van der Waals surface area contributed by atoms with Gasteiger partial charge in [-0.1, -0.05) is 11.6 Å². The second-order valence-electron chi connectivity index (χ2n) is 5.12. The first-order valence-corrected chi connectivity index (χ1v) is 7.60. The van der Waals surface area contributed by atoms with Crippen molar-refractivity contribution in [1.29, 1.82) is 0 Å². The van der Waals surface area contributed by atoms with Crippen molar-refractivity contribution >= 4 is 29.0 Å². The number of amides is 1. The van der Waals surface area contributed by atoms with E-state index in [1.54, 1.807) is 25.1 Å². The van der Waals surface area contributed by atoms with Gasteiger partial charge in [0.2, 0.25) is 5.91 Å². The van der Waals surface area contributed by atoms with Gasteiger partial charge >= 0.3 is 5.82 Å². The zero-order chi connectivity index (χ0) is 17.7. The van der Waals surface area contributed by atoms with E-state index in [-0.39, 0.29) is 18.1 Å². The van der Waals surface area contributed by atoms with Gasteiger partial charge in [0.15, 0.2) is 0 Å². The van der Waals surface area contributed by atoms with Crippen LogP contribution in [0, 0.1) is 17.0 Å². The standard InChI is InChI=1S/C15H17ClN4O4/c1-10-8-14(20(22)23)18-19(10)7-3-4-15(21)17-12-9-11(16)5-6-13(12)24-2/h5-6,8-9H,3-4,7H2,1-2H3,(H,17,21). The molecule has 1 aromatic carbocycles. The number of hydrogen-bond donors (Lipinski definition) is 1. The first-order valence-electron chi connectivity index (χ1n) is 7.23. The van der Waals surface area contributed by atoms with Crippen LogP contribution in [-0.2, 0) is 11.3 Å². The van der Waals surface area contributed by atoms with Crippen LogP contribution in [-0.4, -0.2) is 27.7 Å². The summed E-state index contributed by atoms with van der Waals surface area (Å²) in [6, 6.07) is 6.35. The van der Waals surface area contributed by atoms with Crippen LogP contribution in [0.4, 0.5) is 11.5 Å². The molecule has 8 nitrogen and oxygen atoms in total. The number of nitro groups is 1. The molecular formula is C15H17ClN4O4. The number of hydrogen-bond acceptors (Lipinski definition) is 5. The minimum atomic E-state index is -0.540. The van der Waals surface area contributed by atoms with E-state index >= 15 is 0 Å². The molecule has 2 aromatic rings. The molecule has 0 radical (unpaired) electrons. The number of rotatable bonds is 7. The van der Waals surface area contributed by atoms with E-state index in [0.29, 0.717) is 35.1 Å². The van der Waals surface area contributed by atoms with Crippen molar-refractivity contribution in [2.45, 2.75) is 26.3 Å². The van der Waals surface area contributed by atoms with Crippen LogP contribution in [0.3, 0.4) is 0 Å². The van der Waals surface area contributed by atoms with Gasteiger partial charge in [-0.15, -0.1) is 0 Å². The molecule has 0 fully saturated rings. The Morgan fingerprint density at radius 1 is 1.46 bits per heavy atom. The highest BCUT2D eigenvalue weighted by Gasteiger charge is 2.15. The molecule has 0 saturated heterocycles. The summed E-state index contributed by atoms with van der Waals surface area (Å²) < 4.78 is 6.68. The largest absolute Gasteiger partial charge is 0.495 e. The van der Waals surface area contributed by atoms with E-state index in [2.05, 4.69) is 10.4 Å². The highest BCUT2D eigenvalue weighted by Crippen LogP contribution is 2.27. The zero-order valence-electron chi connectivity index (χ0n) is 13.3. The van der Waals surface area contributed by atoms with E-state index in [9.17, 15) is 14.9 Å². The van der Waals surface area contributed by atoms with Crippen molar-refractivity contribution in [2.75, 3.05) is 12.4 Å². The molecule has 128 valence electrons. The average molecular weight is 353 g/mol. The van der Waals surface area contributed by atoms with Gasteiger partial charge in [-0.25, -0.2) is 0 Å². The summed E-state index contributed by atoms with van der Waals surface area (Å²) in [6.07, 6.45) is 0.733. The summed E-state index contributed by atoms with van der Waals surface area (Å²) >= 11 is 5.91. The van der Waals surface area contributed by atoms with E-state index < -0.39 is 4.92 Å². The lowest BCUT2D eigenvalue weighted by atomic mass is 10.2. The van der Waals surface area contributed by atoms with E-state index in [1.165, 1.54) is 17.9 Å². The Labute approximate surface area is 143 Å². The Balaban J connectivity index is 1.90. The maximum atomic E-state index is 12.0. The van der Waals surface area contributed by atoms with Crippen molar-refractivity contribution in [3.05, 3.63) is 45.1 Å². The van der Waals surface area contributed by atoms with Crippen molar-refractivity contribution in [1.82, 2.24) is 9.78 Å². The molecule has 1 aromatic heterocycles. The number of benzene rings is 1. The van der Waals surface area contributed by atoms with Gasteiger partial charge in [0.1, 0.15) is 5.75 Å². The summed E-state index contributed by atoms with van der Waals surface area (Å²) in [7, 11) is 1.51. The predicted octanol–water partition coefficient (Wildman–Crippen LogP) is 3.18. The fourth-order valence-electron chi connectivity index (χ4n) is 2.19. The number of aryl methyl sites for hydroxylation is 2. The zero-order valence-corrected chi connectivity index (χ0v) is 14.0. The van der Waals surface area contributed by atoms with Crippen molar-refractivity contribution in [2.24, 2.45) is 0 Å². The number of aromatic nitrogens is 2. The maximum absolute atomic E-state index is 12.0. The van der Waals surface area contributed by atoms with Gasteiger partial charge in [-0.2, -0.15) is 4.68 Å². The minimum Gasteiger partial charge on any atom is -0.495 e. The third kappa shape index (κ3) is 4.45. The molecular weight excluding hydrogens is 336 g/mol. The number of halogens is 1. The second-order valence-corrected chi connectivity index (χ2v) is 5.56. The number of carbonyl (C=O) groups excluding carboxylic acids is 1. The Morgan fingerprint density at radius 3 is 2.83 bits per heavy atom. The van der Waals surface area contributed by atoms with Gasteiger partial charge in [0, 0.05) is 11.4 Å². The van der Waals surface area contributed by atoms with Crippen molar-refractivity contribution in [3.63, 3.8) is 0 Å². The van der Waals surface area contributed by atoms with Crippen molar-refractivity contribution < 1.29 is 14.5 Å². The number of ether oxygens (including phenoxy) is 1. The lowest BCUT2D eigenvalue weighted by Crippen LogP contribution is -2.13. The Kier molecular flexibility index (Phi) is 5.75. The molecule has 0 aliphatic rings. The molecule has 1 N–H and O–H groups in total. The lowest BCUT2D eigenvalue weighted by Gasteiger charge is -2.10. The summed E-state index contributed by atoms with van der Waals surface area (Å²) in [5.74, 6) is 0.127. The van der Waals surface area contributed by atoms with Gasteiger partial charge in [0.25, 0.3) is 0 Å². The Morgan fingerprint density at radius 2 is 2.21 bits per heavy atom. The van der Waals surface area contributed by atoms with E-state index in [4.69, 9.17) is 16.3 Å². The van der Waals surface area contributed by atoms with Crippen LogP contribution >= 0.6 is 11.6 Å². The molecule has 2 rings (SSSR count). The molecule has 0 unspecified atom stereocenters. The summed E-state index contributed by atoms with van der Waals surface area (Å²) in [5, 5.41) is 17.8.